The second-order valence-corrected chi connectivity index (χ2v) is 6.55. The maximum Gasteiger partial charge on any atom is 0.229 e. The number of aromatic nitrogens is 2. The van der Waals surface area contributed by atoms with Gasteiger partial charge in [0.25, 0.3) is 0 Å². The summed E-state index contributed by atoms with van der Waals surface area (Å²) in [6.07, 6.45) is 3.55. The summed E-state index contributed by atoms with van der Waals surface area (Å²) in [7, 11) is 0. The number of Topliss-reactive ketones (excluding diaryl/α,β-unsaturated/α-hetero) is 1. The molecule has 4 nitrogen and oxygen atoms in total. The summed E-state index contributed by atoms with van der Waals surface area (Å²) in [6.45, 7) is 2.14. The molecule has 0 aliphatic carbocycles. The zero-order chi connectivity index (χ0) is 18.8. The molecule has 2 aromatic heterocycles. The van der Waals surface area contributed by atoms with Gasteiger partial charge in [-0.05, 0) is 13.0 Å². The number of rotatable bonds is 5. The molecule has 2 aromatic carbocycles. The van der Waals surface area contributed by atoms with E-state index >= 15 is 0 Å². The highest BCUT2D eigenvalue weighted by Crippen LogP contribution is 2.22. The molecule has 0 fully saturated rings. The number of hydrogen-bond donors (Lipinski definition) is 1. The lowest BCUT2D eigenvalue weighted by Crippen LogP contribution is -2.37. The van der Waals surface area contributed by atoms with Gasteiger partial charge < -0.3 is 4.98 Å². The van der Waals surface area contributed by atoms with Crippen LogP contribution in [0.3, 0.4) is 0 Å². The zero-order valence-corrected chi connectivity index (χ0v) is 15.0. The number of benzene rings is 2. The first-order chi connectivity index (χ1) is 13.1. The Balaban J connectivity index is 1.55. The Bertz CT molecular complexity index is 1130. The highest BCUT2D eigenvalue weighted by Gasteiger charge is 2.20. The Morgan fingerprint density at radius 3 is 2.22 bits per heavy atom. The summed E-state index contributed by atoms with van der Waals surface area (Å²) < 4.78 is 1.80. The van der Waals surface area contributed by atoms with Crippen LogP contribution in [0.4, 0.5) is 0 Å². The van der Waals surface area contributed by atoms with Crippen LogP contribution in [0.15, 0.2) is 79.1 Å². The Kier molecular flexibility index (Phi) is 4.38. The van der Waals surface area contributed by atoms with Gasteiger partial charge in [-0.3, -0.25) is 9.59 Å². The van der Waals surface area contributed by atoms with Crippen molar-refractivity contribution in [3.8, 4) is 0 Å². The van der Waals surface area contributed by atoms with Crippen LogP contribution in [0.1, 0.15) is 32.0 Å². The highest BCUT2D eigenvalue weighted by molar-refractivity contribution is 6.09. The van der Waals surface area contributed by atoms with E-state index in [0.29, 0.717) is 11.1 Å². The quantitative estimate of drug-likeness (QED) is 0.436. The SMILES string of the molecule is Cc1[nH]c2ccccc2c1C(=O)C[n+]1ccc(C(=O)c2ccccc2)cc1. The van der Waals surface area contributed by atoms with Crippen LogP contribution < -0.4 is 4.57 Å². The Hall–Kier alpha value is -3.53. The molecule has 0 saturated carbocycles. The molecule has 132 valence electrons. The lowest BCUT2D eigenvalue weighted by Gasteiger charge is -2.02. The molecule has 0 unspecified atom stereocenters. The largest absolute Gasteiger partial charge is 0.358 e. The summed E-state index contributed by atoms with van der Waals surface area (Å²) in [4.78, 5) is 28.6. The van der Waals surface area contributed by atoms with Crippen molar-refractivity contribution in [1.82, 2.24) is 4.98 Å². The van der Waals surface area contributed by atoms with Crippen LogP contribution >= 0.6 is 0 Å². The van der Waals surface area contributed by atoms with Crippen molar-refractivity contribution in [2.45, 2.75) is 13.5 Å². The summed E-state index contributed by atoms with van der Waals surface area (Å²) in [6, 6.07) is 20.5. The van der Waals surface area contributed by atoms with Crippen LogP contribution in [-0.4, -0.2) is 16.6 Å². The molecule has 4 aromatic rings. The number of aryl methyl sites for hydroxylation is 1. The summed E-state index contributed by atoms with van der Waals surface area (Å²) in [5, 5.41) is 0.941. The van der Waals surface area contributed by atoms with Crippen LogP contribution in [0.5, 0.6) is 0 Å². The first-order valence-corrected chi connectivity index (χ1v) is 8.83. The number of carbonyl (C=O) groups excluding carboxylic acids is 2. The van der Waals surface area contributed by atoms with Gasteiger partial charge in [-0.1, -0.05) is 48.5 Å². The molecule has 0 amide bonds. The van der Waals surface area contributed by atoms with Crippen molar-refractivity contribution in [2.75, 3.05) is 0 Å². The Labute approximate surface area is 157 Å². The lowest BCUT2D eigenvalue weighted by atomic mass is 10.0. The number of hydrogen-bond acceptors (Lipinski definition) is 2. The molecule has 4 rings (SSSR count). The predicted molar refractivity (Wildman–Crippen MR) is 104 cm³/mol. The lowest BCUT2D eigenvalue weighted by molar-refractivity contribution is -0.683. The van der Waals surface area contributed by atoms with E-state index < -0.39 is 0 Å². The molecule has 0 atom stereocenters. The molecule has 0 saturated heterocycles. The fraction of sp³-hybridized carbons (Fsp3) is 0.0870. The highest BCUT2D eigenvalue weighted by atomic mass is 16.1. The molecule has 1 N–H and O–H groups in total. The third-order valence-electron chi connectivity index (χ3n) is 4.69. The second kappa shape index (κ2) is 7.00. The fourth-order valence-electron chi connectivity index (χ4n) is 3.35. The van der Waals surface area contributed by atoms with E-state index in [0.717, 1.165) is 22.2 Å². The molecule has 0 spiro atoms. The van der Waals surface area contributed by atoms with Gasteiger partial charge in [0.05, 0.1) is 5.56 Å². The molecule has 2 heterocycles. The van der Waals surface area contributed by atoms with Gasteiger partial charge in [-0.15, -0.1) is 0 Å². The van der Waals surface area contributed by atoms with Gasteiger partial charge in [0, 0.05) is 39.9 Å². The number of ketones is 2. The van der Waals surface area contributed by atoms with E-state index in [-0.39, 0.29) is 18.1 Å². The maximum absolute atomic E-state index is 12.8. The second-order valence-electron chi connectivity index (χ2n) is 6.55. The summed E-state index contributed by atoms with van der Waals surface area (Å²) >= 11 is 0. The smallest absolute Gasteiger partial charge is 0.229 e. The van der Waals surface area contributed by atoms with Gasteiger partial charge >= 0.3 is 0 Å². The van der Waals surface area contributed by atoms with Crippen LogP contribution in [0.25, 0.3) is 10.9 Å². The van der Waals surface area contributed by atoms with Gasteiger partial charge in [0.2, 0.25) is 12.3 Å². The van der Waals surface area contributed by atoms with Crippen LogP contribution in [0.2, 0.25) is 0 Å². The third kappa shape index (κ3) is 3.29. The molecule has 0 aliphatic heterocycles. The van der Waals surface area contributed by atoms with Gasteiger partial charge in [-0.25, -0.2) is 0 Å². The first-order valence-electron chi connectivity index (χ1n) is 8.83. The maximum atomic E-state index is 12.8. The standard InChI is InChI=1S/C23H18N2O2/c1-16-22(19-9-5-6-10-20(19)24-16)21(26)15-25-13-11-18(12-14-25)23(27)17-7-3-2-4-8-17/h2-14H,15H2,1H3/p+1. The Morgan fingerprint density at radius 1 is 0.852 bits per heavy atom. The minimum Gasteiger partial charge on any atom is -0.358 e. The molecule has 0 bridgehead atoms. The van der Waals surface area contributed by atoms with Crippen molar-refractivity contribution >= 4 is 22.5 Å². The first kappa shape index (κ1) is 16.9. The molecule has 4 heteroatoms. The van der Waals surface area contributed by atoms with Gasteiger partial charge in [0.1, 0.15) is 0 Å². The molecular formula is C23H19N2O2+. The van der Waals surface area contributed by atoms with E-state index in [1.807, 2.05) is 49.4 Å². The number of para-hydroxylation sites is 1. The normalized spacial score (nSPS) is 10.9. The van der Waals surface area contributed by atoms with Crippen LogP contribution in [0, 0.1) is 6.92 Å². The number of nitrogens with zero attached hydrogens (tertiary/aromatic N) is 1. The molecular weight excluding hydrogens is 336 g/mol. The van der Waals surface area contributed by atoms with Crippen molar-refractivity contribution in [3.63, 3.8) is 0 Å². The van der Waals surface area contributed by atoms with Crippen molar-refractivity contribution in [1.29, 1.82) is 0 Å². The Morgan fingerprint density at radius 2 is 1.48 bits per heavy atom. The number of aromatic amines is 1. The van der Waals surface area contributed by atoms with E-state index in [1.54, 1.807) is 41.2 Å². The van der Waals surface area contributed by atoms with E-state index in [2.05, 4.69) is 4.98 Å². The van der Waals surface area contributed by atoms with Crippen molar-refractivity contribution < 1.29 is 14.2 Å². The van der Waals surface area contributed by atoms with Crippen molar-refractivity contribution in [2.24, 2.45) is 0 Å². The predicted octanol–water partition coefficient (Wildman–Crippen LogP) is 3.88. The van der Waals surface area contributed by atoms with E-state index in [4.69, 9.17) is 0 Å². The van der Waals surface area contributed by atoms with Gasteiger partial charge in [-0.2, -0.15) is 4.57 Å². The zero-order valence-electron chi connectivity index (χ0n) is 15.0. The minimum atomic E-state index is -0.0263. The number of pyridine rings is 1. The average molecular weight is 355 g/mol. The molecule has 0 radical (unpaired) electrons. The topological polar surface area (TPSA) is 53.8 Å². The average Bonchev–Trinajstić information content (AvgIpc) is 3.04. The number of fused-ring (bicyclic) bond motifs is 1. The fourth-order valence-corrected chi connectivity index (χ4v) is 3.35. The summed E-state index contributed by atoms with van der Waals surface area (Å²) in [5.74, 6) is 0.0126. The molecule has 0 aliphatic rings. The number of nitrogens with one attached hydrogen (secondary N) is 1. The monoisotopic (exact) mass is 355 g/mol. The van der Waals surface area contributed by atoms with Gasteiger partial charge in [0.15, 0.2) is 18.2 Å². The number of H-pyrrole nitrogens is 1. The van der Waals surface area contributed by atoms with Crippen molar-refractivity contribution in [3.05, 3.63) is 102 Å². The van der Waals surface area contributed by atoms with E-state index in [1.165, 1.54) is 0 Å². The van der Waals surface area contributed by atoms with E-state index in [9.17, 15) is 9.59 Å². The minimum absolute atomic E-state index is 0.0263. The molecule has 27 heavy (non-hydrogen) atoms. The third-order valence-corrected chi connectivity index (χ3v) is 4.69. The van der Waals surface area contributed by atoms with Crippen LogP contribution in [-0.2, 0) is 6.54 Å². The number of carbonyl (C=O) groups is 2. The summed E-state index contributed by atoms with van der Waals surface area (Å²) in [5.41, 5.74) is 3.82.